The molecule has 0 saturated heterocycles. The van der Waals surface area contributed by atoms with Gasteiger partial charge >= 0.3 is 0 Å². The maximum atomic E-state index is 5.43. The van der Waals surface area contributed by atoms with Crippen molar-refractivity contribution in [3.05, 3.63) is 65.7 Å². The molecule has 100 valence electrons. The fraction of sp³-hybridized carbons (Fsp3) is 0.294. The lowest BCUT2D eigenvalue weighted by molar-refractivity contribution is 0.406. The molecule has 0 heterocycles. The lowest BCUT2D eigenvalue weighted by atomic mass is 9.94. The van der Waals surface area contributed by atoms with Crippen LogP contribution in [0.1, 0.15) is 11.1 Å². The molecular formula is C17H19BrO. The molecule has 2 aromatic rings. The number of hydrogen-bond donors (Lipinski definition) is 0. The first-order valence-electron chi connectivity index (χ1n) is 6.55. The zero-order valence-electron chi connectivity index (χ0n) is 11.2. The van der Waals surface area contributed by atoms with Crippen molar-refractivity contribution in [1.29, 1.82) is 0 Å². The molecule has 0 aliphatic heterocycles. The summed E-state index contributed by atoms with van der Waals surface area (Å²) < 4.78 is 5.43. The Morgan fingerprint density at radius 3 is 2.32 bits per heavy atom. The van der Waals surface area contributed by atoms with E-state index < -0.39 is 0 Å². The highest BCUT2D eigenvalue weighted by atomic mass is 79.9. The van der Waals surface area contributed by atoms with Crippen LogP contribution in [-0.2, 0) is 12.8 Å². The molecule has 2 heteroatoms. The molecule has 0 fully saturated rings. The van der Waals surface area contributed by atoms with E-state index in [-0.39, 0.29) is 0 Å². The molecule has 0 radical (unpaired) electrons. The van der Waals surface area contributed by atoms with Crippen molar-refractivity contribution < 1.29 is 4.74 Å². The average molecular weight is 319 g/mol. The molecular weight excluding hydrogens is 300 g/mol. The molecule has 2 rings (SSSR count). The van der Waals surface area contributed by atoms with E-state index in [0.29, 0.717) is 5.92 Å². The largest absolute Gasteiger partial charge is 0.496 e. The highest BCUT2D eigenvalue weighted by molar-refractivity contribution is 9.09. The van der Waals surface area contributed by atoms with Gasteiger partial charge in [-0.05, 0) is 36.0 Å². The topological polar surface area (TPSA) is 9.23 Å². The maximum Gasteiger partial charge on any atom is 0.122 e. The summed E-state index contributed by atoms with van der Waals surface area (Å²) in [7, 11) is 1.74. The Labute approximate surface area is 123 Å². The smallest absolute Gasteiger partial charge is 0.122 e. The molecule has 19 heavy (non-hydrogen) atoms. The summed E-state index contributed by atoms with van der Waals surface area (Å²) in [4.78, 5) is 0. The molecule has 1 nitrogen and oxygen atoms in total. The molecule has 0 spiro atoms. The van der Waals surface area contributed by atoms with E-state index in [1.165, 1.54) is 11.1 Å². The van der Waals surface area contributed by atoms with Crippen LogP contribution in [0.25, 0.3) is 0 Å². The van der Waals surface area contributed by atoms with Crippen molar-refractivity contribution in [2.75, 3.05) is 12.4 Å². The molecule has 0 amide bonds. The lowest BCUT2D eigenvalue weighted by Gasteiger charge is -2.16. The minimum Gasteiger partial charge on any atom is -0.496 e. The van der Waals surface area contributed by atoms with E-state index in [2.05, 4.69) is 58.4 Å². The quantitative estimate of drug-likeness (QED) is 0.713. The van der Waals surface area contributed by atoms with Crippen molar-refractivity contribution in [1.82, 2.24) is 0 Å². The predicted molar refractivity (Wildman–Crippen MR) is 84.1 cm³/mol. The van der Waals surface area contributed by atoms with Gasteiger partial charge < -0.3 is 4.74 Å². The Bertz CT molecular complexity index is 496. The minimum atomic E-state index is 0.582. The third kappa shape index (κ3) is 4.10. The summed E-state index contributed by atoms with van der Waals surface area (Å²) in [6.07, 6.45) is 2.12. The zero-order chi connectivity index (χ0) is 13.5. The van der Waals surface area contributed by atoms with Gasteiger partial charge in [0.15, 0.2) is 0 Å². The van der Waals surface area contributed by atoms with Gasteiger partial charge in [-0.15, -0.1) is 0 Å². The van der Waals surface area contributed by atoms with Crippen LogP contribution >= 0.6 is 15.9 Å². The molecule has 0 aliphatic rings. The number of hydrogen-bond acceptors (Lipinski definition) is 1. The van der Waals surface area contributed by atoms with E-state index in [0.717, 1.165) is 23.9 Å². The van der Waals surface area contributed by atoms with Crippen molar-refractivity contribution in [3.63, 3.8) is 0 Å². The molecule has 0 N–H and O–H groups in total. The summed E-state index contributed by atoms with van der Waals surface area (Å²) in [6, 6.07) is 18.9. The second-order valence-corrected chi connectivity index (χ2v) is 5.37. The van der Waals surface area contributed by atoms with Gasteiger partial charge in [0.1, 0.15) is 5.75 Å². The minimum absolute atomic E-state index is 0.582. The predicted octanol–water partition coefficient (Wildman–Crippen LogP) is 4.49. The van der Waals surface area contributed by atoms with Crippen molar-refractivity contribution in [3.8, 4) is 5.75 Å². The highest BCUT2D eigenvalue weighted by Gasteiger charge is 2.12. The number of benzene rings is 2. The Hall–Kier alpha value is -1.28. The first-order valence-corrected chi connectivity index (χ1v) is 7.67. The fourth-order valence-electron chi connectivity index (χ4n) is 2.31. The first-order chi connectivity index (χ1) is 9.33. The molecule has 1 atom stereocenters. The Kier molecular flexibility index (Phi) is 5.46. The monoisotopic (exact) mass is 318 g/mol. The summed E-state index contributed by atoms with van der Waals surface area (Å²) in [5, 5.41) is 1.000. The van der Waals surface area contributed by atoms with E-state index in [4.69, 9.17) is 4.74 Å². The second-order valence-electron chi connectivity index (χ2n) is 4.73. The van der Waals surface area contributed by atoms with Crippen molar-refractivity contribution in [2.24, 2.45) is 5.92 Å². The van der Waals surface area contributed by atoms with Gasteiger partial charge in [0, 0.05) is 5.33 Å². The molecule has 0 aromatic heterocycles. The van der Waals surface area contributed by atoms with Crippen LogP contribution in [0.2, 0.25) is 0 Å². The van der Waals surface area contributed by atoms with Crippen LogP contribution in [0.15, 0.2) is 54.6 Å². The van der Waals surface area contributed by atoms with E-state index in [1.807, 2.05) is 12.1 Å². The molecule has 2 aromatic carbocycles. The standard InChI is InChI=1S/C17H19BrO/c1-19-17-10-6-5-9-16(17)12-15(13-18)11-14-7-3-2-4-8-14/h2-10,15H,11-13H2,1H3. The van der Waals surface area contributed by atoms with Crippen LogP contribution in [-0.4, -0.2) is 12.4 Å². The van der Waals surface area contributed by atoms with Crippen LogP contribution in [0.5, 0.6) is 5.75 Å². The van der Waals surface area contributed by atoms with Gasteiger partial charge in [-0.25, -0.2) is 0 Å². The van der Waals surface area contributed by atoms with Crippen molar-refractivity contribution in [2.45, 2.75) is 12.8 Å². The number of halogens is 1. The third-order valence-electron chi connectivity index (χ3n) is 3.29. The Morgan fingerprint density at radius 1 is 0.947 bits per heavy atom. The number of para-hydroxylation sites is 1. The Morgan fingerprint density at radius 2 is 1.63 bits per heavy atom. The third-order valence-corrected chi connectivity index (χ3v) is 4.20. The van der Waals surface area contributed by atoms with Crippen LogP contribution in [0, 0.1) is 5.92 Å². The van der Waals surface area contributed by atoms with Crippen LogP contribution in [0.3, 0.4) is 0 Å². The Balaban J connectivity index is 2.07. The second kappa shape index (κ2) is 7.34. The highest BCUT2D eigenvalue weighted by Crippen LogP contribution is 2.23. The number of alkyl halides is 1. The number of ether oxygens (including phenoxy) is 1. The first kappa shape index (κ1) is 14.1. The van der Waals surface area contributed by atoms with Gasteiger partial charge in [-0.3, -0.25) is 0 Å². The summed E-state index contributed by atoms with van der Waals surface area (Å²) >= 11 is 3.64. The van der Waals surface area contributed by atoms with Crippen LogP contribution in [0.4, 0.5) is 0 Å². The molecule has 0 aliphatic carbocycles. The maximum absolute atomic E-state index is 5.43. The van der Waals surface area contributed by atoms with E-state index in [9.17, 15) is 0 Å². The number of rotatable bonds is 6. The van der Waals surface area contributed by atoms with Crippen LogP contribution < -0.4 is 4.74 Å². The van der Waals surface area contributed by atoms with E-state index in [1.54, 1.807) is 7.11 Å². The normalized spacial score (nSPS) is 12.1. The fourth-order valence-corrected chi connectivity index (χ4v) is 2.77. The van der Waals surface area contributed by atoms with Gasteiger partial charge in [-0.2, -0.15) is 0 Å². The summed E-state index contributed by atoms with van der Waals surface area (Å²) in [5.41, 5.74) is 2.67. The van der Waals surface area contributed by atoms with Gasteiger partial charge in [0.2, 0.25) is 0 Å². The van der Waals surface area contributed by atoms with Gasteiger partial charge in [0.25, 0.3) is 0 Å². The molecule has 0 saturated carbocycles. The SMILES string of the molecule is COc1ccccc1CC(CBr)Cc1ccccc1. The van der Waals surface area contributed by atoms with Crippen molar-refractivity contribution >= 4 is 15.9 Å². The molecule has 1 unspecified atom stereocenters. The zero-order valence-corrected chi connectivity index (χ0v) is 12.8. The summed E-state index contributed by atoms with van der Waals surface area (Å²) in [6.45, 7) is 0. The summed E-state index contributed by atoms with van der Waals surface area (Å²) in [5.74, 6) is 1.57. The molecule has 0 bridgehead atoms. The van der Waals surface area contributed by atoms with Gasteiger partial charge in [-0.1, -0.05) is 64.5 Å². The number of methoxy groups -OCH3 is 1. The van der Waals surface area contributed by atoms with E-state index >= 15 is 0 Å². The van der Waals surface area contributed by atoms with Gasteiger partial charge in [0.05, 0.1) is 7.11 Å². The lowest BCUT2D eigenvalue weighted by Crippen LogP contribution is -2.10. The average Bonchev–Trinajstić information content (AvgIpc) is 2.48.